The monoisotopic (exact) mass is 290 g/mol. The second-order valence-electron chi connectivity index (χ2n) is 4.99. The predicted molar refractivity (Wildman–Crippen MR) is 79.9 cm³/mol. The maximum absolute atomic E-state index is 12.2. The molecule has 0 saturated carbocycles. The lowest BCUT2D eigenvalue weighted by Crippen LogP contribution is -2.07. The van der Waals surface area contributed by atoms with E-state index in [4.69, 9.17) is 5.11 Å². The van der Waals surface area contributed by atoms with E-state index in [0.29, 0.717) is 0 Å². The van der Waals surface area contributed by atoms with Gasteiger partial charge < -0.3 is 5.11 Å². The minimum atomic E-state index is -3.18. The van der Waals surface area contributed by atoms with Gasteiger partial charge in [-0.25, -0.2) is 8.42 Å². The van der Waals surface area contributed by atoms with Gasteiger partial charge in [0.05, 0.1) is 18.1 Å². The summed E-state index contributed by atoms with van der Waals surface area (Å²) in [6.07, 6.45) is 0. The minimum Gasteiger partial charge on any atom is -0.392 e. The van der Waals surface area contributed by atoms with E-state index in [2.05, 4.69) is 0 Å². The maximum atomic E-state index is 12.2. The number of aliphatic hydroxyl groups is 1. The van der Waals surface area contributed by atoms with Crippen LogP contribution in [0.1, 0.15) is 22.3 Å². The maximum Gasteiger partial charge on any atom is 0.158 e. The summed E-state index contributed by atoms with van der Waals surface area (Å²) in [5.74, 6) is 0.0710. The van der Waals surface area contributed by atoms with E-state index in [1.807, 2.05) is 31.2 Å². The fraction of sp³-hybridized carbons (Fsp3) is 0.250. The van der Waals surface area contributed by atoms with Crippen LogP contribution < -0.4 is 0 Å². The Morgan fingerprint density at radius 2 is 1.20 bits per heavy atom. The van der Waals surface area contributed by atoms with Gasteiger partial charge in [0, 0.05) is 0 Å². The zero-order chi connectivity index (χ0) is 14.6. The van der Waals surface area contributed by atoms with Crippen molar-refractivity contribution in [1.82, 2.24) is 0 Å². The Labute approximate surface area is 119 Å². The Kier molecular flexibility index (Phi) is 4.57. The summed E-state index contributed by atoms with van der Waals surface area (Å²) in [7, 11) is -3.18. The quantitative estimate of drug-likeness (QED) is 0.921. The summed E-state index contributed by atoms with van der Waals surface area (Å²) in [5.41, 5.74) is 3.45. The van der Waals surface area contributed by atoms with Crippen LogP contribution in [0, 0.1) is 6.92 Å². The SMILES string of the molecule is Cc1ccc(CS(=O)(=O)Cc2ccc(CO)cc2)cc1. The van der Waals surface area contributed by atoms with Crippen molar-refractivity contribution in [3.8, 4) is 0 Å². The van der Waals surface area contributed by atoms with Crippen LogP contribution >= 0.6 is 0 Å². The Bertz CT molecular complexity index is 656. The lowest BCUT2D eigenvalue weighted by molar-refractivity contribution is 0.282. The topological polar surface area (TPSA) is 54.4 Å². The molecular weight excluding hydrogens is 272 g/mol. The standard InChI is InChI=1S/C16H18O3S/c1-13-2-4-15(5-3-13)11-20(18,19)12-16-8-6-14(10-17)7-9-16/h2-9,17H,10-12H2,1H3. The number of aliphatic hydroxyl groups excluding tert-OH is 1. The van der Waals surface area contributed by atoms with E-state index in [0.717, 1.165) is 22.3 Å². The van der Waals surface area contributed by atoms with Crippen LogP contribution in [-0.2, 0) is 27.9 Å². The molecule has 0 fully saturated rings. The highest BCUT2D eigenvalue weighted by molar-refractivity contribution is 7.89. The van der Waals surface area contributed by atoms with Gasteiger partial charge in [-0.3, -0.25) is 0 Å². The third-order valence-electron chi connectivity index (χ3n) is 3.10. The fourth-order valence-corrected chi connectivity index (χ4v) is 3.49. The summed E-state index contributed by atoms with van der Waals surface area (Å²) in [6.45, 7) is 1.94. The molecule has 0 atom stereocenters. The number of hydrogen-bond donors (Lipinski definition) is 1. The lowest BCUT2D eigenvalue weighted by atomic mass is 10.2. The molecule has 0 aliphatic heterocycles. The largest absolute Gasteiger partial charge is 0.392 e. The van der Waals surface area contributed by atoms with Crippen molar-refractivity contribution in [2.24, 2.45) is 0 Å². The number of benzene rings is 2. The molecule has 0 aliphatic carbocycles. The summed E-state index contributed by atoms with van der Waals surface area (Å²) < 4.78 is 24.3. The Morgan fingerprint density at radius 3 is 1.65 bits per heavy atom. The molecule has 1 N–H and O–H groups in total. The van der Waals surface area contributed by atoms with Gasteiger partial charge in [-0.1, -0.05) is 54.1 Å². The molecule has 0 aliphatic rings. The number of aryl methyl sites for hydroxylation is 1. The van der Waals surface area contributed by atoms with Crippen LogP contribution in [0.25, 0.3) is 0 Å². The van der Waals surface area contributed by atoms with Gasteiger partial charge in [0.2, 0.25) is 0 Å². The Hall–Kier alpha value is -1.65. The molecule has 0 radical (unpaired) electrons. The first-order valence-electron chi connectivity index (χ1n) is 6.43. The molecule has 0 aromatic heterocycles. The third-order valence-corrected chi connectivity index (χ3v) is 4.65. The molecule has 0 spiro atoms. The van der Waals surface area contributed by atoms with Gasteiger partial charge in [-0.15, -0.1) is 0 Å². The highest BCUT2D eigenvalue weighted by atomic mass is 32.2. The van der Waals surface area contributed by atoms with Crippen LogP contribution in [0.15, 0.2) is 48.5 Å². The molecule has 3 nitrogen and oxygen atoms in total. The zero-order valence-electron chi connectivity index (χ0n) is 11.4. The highest BCUT2D eigenvalue weighted by Gasteiger charge is 2.13. The summed E-state index contributed by atoms with van der Waals surface area (Å²) in [6, 6.07) is 14.5. The van der Waals surface area contributed by atoms with Crippen LogP contribution in [0.4, 0.5) is 0 Å². The second kappa shape index (κ2) is 6.20. The number of rotatable bonds is 5. The van der Waals surface area contributed by atoms with Crippen LogP contribution in [0.3, 0.4) is 0 Å². The molecule has 106 valence electrons. The Balaban J connectivity index is 2.08. The molecule has 4 heteroatoms. The van der Waals surface area contributed by atoms with Crippen LogP contribution in [-0.4, -0.2) is 13.5 Å². The van der Waals surface area contributed by atoms with Crippen molar-refractivity contribution in [2.45, 2.75) is 25.0 Å². The molecule has 0 saturated heterocycles. The molecule has 0 bridgehead atoms. The smallest absolute Gasteiger partial charge is 0.158 e. The van der Waals surface area contributed by atoms with Gasteiger partial charge in [0.15, 0.2) is 9.84 Å². The molecule has 0 unspecified atom stereocenters. The van der Waals surface area contributed by atoms with Crippen molar-refractivity contribution in [3.63, 3.8) is 0 Å². The zero-order valence-corrected chi connectivity index (χ0v) is 12.2. The number of hydrogen-bond acceptors (Lipinski definition) is 3. The first kappa shape index (κ1) is 14.8. The highest BCUT2D eigenvalue weighted by Crippen LogP contribution is 2.14. The first-order valence-corrected chi connectivity index (χ1v) is 8.25. The predicted octanol–water partition coefficient (Wildman–Crippen LogP) is 2.60. The molecule has 2 rings (SSSR count). The van der Waals surface area contributed by atoms with Gasteiger partial charge >= 0.3 is 0 Å². The van der Waals surface area contributed by atoms with Gasteiger partial charge in [-0.2, -0.15) is 0 Å². The van der Waals surface area contributed by atoms with Gasteiger partial charge in [-0.05, 0) is 23.6 Å². The van der Waals surface area contributed by atoms with Crippen LogP contribution in [0.5, 0.6) is 0 Å². The summed E-state index contributed by atoms with van der Waals surface area (Å²) in [5, 5.41) is 8.96. The summed E-state index contributed by atoms with van der Waals surface area (Å²) in [4.78, 5) is 0. The van der Waals surface area contributed by atoms with E-state index >= 15 is 0 Å². The van der Waals surface area contributed by atoms with E-state index in [-0.39, 0.29) is 18.1 Å². The van der Waals surface area contributed by atoms with Crippen molar-refractivity contribution >= 4 is 9.84 Å². The molecular formula is C16H18O3S. The van der Waals surface area contributed by atoms with E-state index in [9.17, 15) is 8.42 Å². The van der Waals surface area contributed by atoms with Crippen molar-refractivity contribution < 1.29 is 13.5 Å². The van der Waals surface area contributed by atoms with Crippen LogP contribution in [0.2, 0.25) is 0 Å². The Morgan fingerprint density at radius 1 is 0.800 bits per heavy atom. The van der Waals surface area contributed by atoms with Crippen molar-refractivity contribution in [3.05, 3.63) is 70.8 Å². The average molecular weight is 290 g/mol. The normalized spacial score (nSPS) is 11.5. The minimum absolute atomic E-state index is 0.0204. The van der Waals surface area contributed by atoms with E-state index in [1.54, 1.807) is 24.3 Å². The molecule has 2 aromatic carbocycles. The third kappa shape index (κ3) is 4.18. The molecule has 0 amide bonds. The molecule has 2 aromatic rings. The molecule has 0 heterocycles. The van der Waals surface area contributed by atoms with Gasteiger partial charge in [0.25, 0.3) is 0 Å². The summed E-state index contributed by atoms with van der Waals surface area (Å²) >= 11 is 0. The molecule has 20 heavy (non-hydrogen) atoms. The fourth-order valence-electron chi connectivity index (χ4n) is 1.98. The van der Waals surface area contributed by atoms with Gasteiger partial charge in [0.1, 0.15) is 0 Å². The van der Waals surface area contributed by atoms with Crippen molar-refractivity contribution in [2.75, 3.05) is 0 Å². The second-order valence-corrected chi connectivity index (χ2v) is 7.06. The first-order chi connectivity index (χ1) is 9.48. The van der Waals surface area contributed by atoms with E-state index < -0.39 is 9.84 Å². The lowest BCUT2D eigenvalue weighted by Gasteiger charge is -2.06. The number of sulfone groups is 1. The van der Waals surface area contributed by atoms with Crippen molar-refractivity contribution in [1.29, 1.82) is 0 Å². The average Bonchev–Trinajstić information content (AvgIpc) is 2.41. The van der Waals surface area contributed by atoms with E-state index in [1.165, 1.54) is 0 Å².